The van der Waals surface area contributed by atoms with Crippen molar-refractivity contribution in [2.75, 3.05) is 18.2 Å². The van der Waals surface area contributed by atoms with Gasteiger partial charge in [-0.15, -0.1) is 0 Å². The molecule has 0 heterocycles. The molecule has 0 unspecified atom stereocenters. The van der Waals surface area contributed by atoms with Crippen molar-refractivity contribution in [3.63, 3.8) is 0 Å². The van der Waals surface area contributed by atoms with Crippen molar-refractivity contribution in [3.8, 4) is 5.75 Å². The van der Waals surface area contributed by atoms with Gasteiger partial charge in [0.05, 0.1) is 24.0 Å². The van der Waals surface area contributed by atoms with E-state index in [0.29, 0.717) is 11.4 Å². The van der Waals surface area contributed by atoms with Crippen LogP contribution in [-0.4, -0.2) is 13.0 Å². The van der Waals surface area contributed by atoms with Crippen molar-refractivity contribution >= 4 is 23.0 Å². The molecule has 2 rings (SSSR count). The Hall–Kier alpha value is -2.76. The van der Waals surface area contributed by atoms with Crippen LogP contribution in [0.1, 0.15) is 10.4 Å². The van der Waals surface area contributed by atoms with E-state index in [4.69, 9.17) is 16.2 Å². The Kier molecular flexibility index (Phi) is 3.74. The van der Waals surface area contributed by atoms with Crippen LogP contribution < -0.4 is 21.5 Å². The van der Waals surface area contributed by atoms with E-state index in [1.165, 1.54) is 25.3 Å². The summed E-state index contributed by atoms with van der Waals surface area (Å²) < 4.78 is 18.4. The number of ether oxygens (including phenoxy) is 1. The predicted octanol–water partition coefficient (Wildman–Crippen LogP) is 2.26. The number of para-hydroxylation sites is 1. The molecule has 20 heavy (non-hydrogen) atoms. The predicted molar refractivity (Wildman–Crippen MR) is 75.6 cm³/mol. The monoisotopic (exact) mass is 275 g/mol. The number of nitrogen functional groups attached to an aromatic ring is 1. The maximum absolute atomic E-state index is 13.6. The van der Waals surface area contributed by atoms with Gasteiger partial charge in [-0.3, -0.25) is 4.79 Å². The van der Waals surface area contributed by atoms with E-state index in [2.05, 4.69) is 5.32 Å². The normalized spacial score (nSPS) is 10.1. The van der Waals surface area contributed by atoms with E-state index in [-0.39, 0.29) is 17.0 Å². The van der Waals surface area contributed by atoms with Crippen molar-refractivity contribution in [1.82, 2.24) is 0 Å². The number of benzene rings is 2. The van der Waals surface area contributed by atoms with E-state index in [9.17, 15) is 9.18 Å². The van der Waals surface area contributed by atoms with Gasteiger partial charge in [0.25, 0.3) is 5.91 Å². The van der Waals surface area contributed by atoms with Gasteiger partial charge in [-0.25, -0.2) is 4.39 Å². The Bertz CT molecular complexity index is 659. The lowest BCUT2D eigenvalue weighted by atomic mass is 10.1. The number of halogens is 1. The number of rotatable bonds is 4. The molecule has 2 aromatic carbocycles. The smallest absolute Gasteiger partial charge is 0.250 e. The maximum atomic E-state index is 13.6. The molecule has 6 heteroatoms. The Morgan fingerprint density at radius 2 is 2.05 bits per heavy atom. The van der Waals surface area contributed by atoms with Crippen LogP contribution in [0.4, 0.5) is 21.5 Å². The molecule has 0 aliphatic heterocycles. The first-order valence-corrected chi connectivity index (χ1v) is 5.81. The summed E-state index contributed by atoms with van der Waals surface area (Å²) in [6.45, 7) is 0. The Morgan fingerprint density at radius 1 is 1.30 bits per heavy atom. The number of methoxy groups -OCH3 is 1. The first-order valence-electron chi connectivity index (χ1n) is 5.81. The molecule has 1 amide bonds. The van der Waals surface area contributed by atoms with Crippen LogP contribution in [0.3, 0.4) is 0 Å². The zero-order chi connectivity index (χ0) is 14.7. The van der Waals surface area contributed by atoms with Gasteiger partial charge in [0, 0.05) is 11.8 Å². The fraction of sp³-hybridized carbons (Fsp3) is 0.0714. The SMILES string of the molecule is COc1ccc(Nc2cccc(C(N)=O)c2N)cc1F. The number of amides is 1. The number of primary amides is 1. The number of nitrogens with one attached hydrogen (secondary N) is 1. The lowest BCUT2D eigenvalue weighted by molar-refractivity contribution is 0.100. The fourth-order valence-corrected chi connectivity index (χ4v) is 1.79. The topological polar surface area (TPSA) is 90.4 Å². The zero-order valence-corrected chi connectivity index (χ0v) is 10.8. The molecule has 0 fully saturated rings. The largest absolute Gasteiger partial charge is 0.494 e. The average Bonchev–Trinajstić information content (AvgIpc) is 2.41. The molecule has 0 radical (unpaired) electrons. The maximum Gasteiger partial charge on any atom is 0.250 e. The lowest BCUT2D eigenvalue weighted by Crippen LogP contribution is -2.14. The average molecular weight is 275 g/mol. The van der Waals surface area contributed by atoms with Gasteiger partial charge in [-0.2, -0.15) is 0 Å². The lowest BCUT2D eigenvalue weighted by Gasteiger charge is -2.12. The molecule has 0 aliphatic rings. The minimum Gasteiger partial charge on any atom is -0.494 e. The van der Waals surface area contributed by atoms with Gasteiger partial charge >= 0.3 is 0 Å². The van der Waals surface area contributed by atoms with Crippen LogP contribution in [0.5, 0.6) is 5.75 Å². The second-order valence-electron chi connectivity index (χ2n) is 4.11. The van der Waals surface area contributed by atoms with Crippen LogP contribution in [-0.2, 0) is 0 Å². The minimum absolute atomic E-state index is 0.148. The highest BCUT2D eigenvalue weighted by Crippen LogP contribution is 2.28. The fourth-order valence-electron chi connectivity index (χ4n) is 1.79. The van der Waals surface area contributed by atoms with Gasteiger partial charge in [0.15, 0.2) is 11.6 Å². The van der Waals surface area contributed by atoms with Crippen molar-refractivity contribution in [1.29, 1.82) is 0 Å². The van der Waals surface area contributed by atoms with Gasteiger partial charge in [-0.1, -0.05) is 6.07 Å². The Balaban J connectivity index is 2.33. The second kappa shape index (κ2) is 5.48. The van der Waals surface area contributed by atoms with E-state index >= 15 is 0 Å². The van der Waals surface area contributed by atoms with Gasteiger partial charge in [0.1, 0.15) is 0 Å². The third kappa shape index (κ3) is 2.64. The molecule has 104 valence electrons. The number of hydrogen-bond acceptors (Lipinski definition) is 4. The summed E-state index contributed by atoms with van der Waals surface area (Å²) >= 11 is 0. The van der Waals surface area contributed by atoms with Crippen molar-refractivity contribution in [2.24, 2.45) is 5.73 Å². The summed E-state index contributed by atoms with van der Waals surface area (Å²) in [6.07, 6.45) is 0. The van der Waals surface area contributed by atoms with E-state index in [1.54, 1.807) is 18.2 Å². The van der Waals surface area contributed by atoms with Gasteiger partial charge in [0.2, 0.25) is 0 Å². The first-order chi connectivity index (χ1) is 9.52. The molecular weight excluding hydrogens is 261 g/mol. The second-order valence-corrected chi connectivity index (χ2v) is 4.11. The summed E-state index contributed by atoms with van der Waals surface area (Å²) in [4.78, 5) is 11.2. The highest BCUT2D eigenvalue weighted by atomic mass is 19.1. The quantitative estimate of drug-likeness (QED) is 0.746. The number of carbonyl (C=O) groups excluding carboxylic acids is 1. The summed E-state index contributed by atoms with van der Waals surface area (Å²) in [6, 6.07) is 9.24. The molecular formula is C14H14FN3O2. The summed E-state index contributed by atoms with van der Waals surface area (Å²) in [5, 5.41) is 2.93. The number of hydrogen-bond donors (Lipinski definition) is 3. The van der Waals surface area contributed by atoms with Gasteiger partial charge < -0.3 is 21.5 Å². The number of anilines is 3. The Morgan fingerprint density at radius 3 is 2.65 bits per heavy atom. The third-order valence-corrected chi connectivity index (χ3v) is 2.80. The van der Waals surface area contributed by atoms with Crippen LogP contribution in [0.15, 0.2) is 36.4 Å². The number of carbonyl (C=O) groups is 1. The molecule has 5 nitrogen and oxygen atoms in total. The van der Waals surface area contributed by atoms with Crippen molar-refractivity contribution < 1.29 is 13.9 Å². The molecule has 0 atom stereocenters. The molecule has 0 spiro atoms. The zero-order valence-electron chi connectivity index (χ0n) is 10.8. The van der Waals surface area contributed by atoms with Crippen LogP contribution in [0.25, 0.3) is 0 Å². The standard InChI is InChI=1S/C14H14FN3O2/c1-20-12-6-5-8(7-10(12)15)18-11-4-2-3-9(13(11)16)14(17)19/h2-7,18H,16H2,1H3,(H2,17,19). The van der Waals surface area contributed by atoms with Crippen molar-refractivity contribution in [3.05, 3.63) is 47.8 Å². The van der Waals surface area contributed by atoms with Gasteiger partial charge in [-0.05, 0) is 24.3 Å². The molecule has 0 bridgehead atoms. The van der Waals surface area contributed by atoms with Crippen LogP contribution >= 0.6 is 0 Å². The molecule has 0 aliphatic carbocycles. The molecule has 0 aromatic heterocycles. The van der Waals surface area contributed by atoms with Crippen LogP contribution in [0, 0.1) is 5.82 Å². The van der Waals surface area contributed by atoms with Crippen molar-refractivity contribution in [2.45, 2.75) is 0 Å². The molecule has 0 saturated carbocycles. The minimum atomic E-state index is -0.618. The van der Waals surface area contributed by atoms with E-state index in [1.807, 2.05) is 0 Å². The molecule has 5 N–H and O–H groups in total. The van der Waals surface area contributed by atoms with E-state index in [0.717, 1.165) is 0 Å². The van der Waals surface area contributed by atoms with E-state index < -0.39 is 11.7 Å². The molecule has 0 saturated heterocycles. The summed E-state index contributed by atoms with van der Waals surface area (Å²) in [5.74, 6) is -0.969. The number of nitrogens with two attached hydrogens (primary N) is 2. The summed E-state index contributed by atoms with van der Waals surface area (Å²) in [7, 11) is 1.39. The Labute approximate surface area is 115 Å². The highest BCUT2D eigenvalue weighted by Gasteiger charge is 2.10. The summed E-state index contributed by atoms with van der Waals surface area (Å²) in [5.41, 5.74) is 12.5. The van der Waals surface area contributed by atoms with Crippen LogP contribution in [0.2, 0.25) is 0 Å². The highest BCUT2D eigenvalue weighted by molar-refractivity contribution is 6.01. The third-order valence-electron chi connectivity index (χ3n) is 2.80. The first kappa shape index (κ1) is 13.7. The molecule has 2 aromatic rings.